The predicted octanol–water partition coefficient (Wildman–Crippen LogP) is 3.62. The zero-order valence-corrected chi connectivity index (χ0v) is 10.8. The lowest BCUT2D eigenvalue weighted by molar-refractivity contribution is 0.904. The van der Waals surface area contributed by atoms with E-state index in [-0.39, 0.29) is 0 Å². The molecule has 0 radical (unpaired) electrons. The van der Waals surface area contributed by atoms with Gasteiger partial charge in [0.2, 0.25) is 0 Å². The van der Waals surface area contributed by atoms with Crippen LogP contribution in [0.2, 0.25) is 5.15 Å². The Morgan fingerprint density at radius 2 is 2.17 bits per heavy atom. The Bertz CT molecular complexity index is 602. The van der Waals surface area contributed by atoms with Crippen molar-refractivity contribution in [3.05, 3.63) is 46.9 Å². The van der Waals surface area contributed by atoms with Crippen LogP contribution in [0.25, 0.3) is 11.3 Å². The van der Waals surface area contributed by atoms with E-state index in [1.54, 1.807) is 6.07 Å². The Morgan fingerprint density at radius 1 is 1.33 bits per heavy atom. The van der Waals surface area contributed by atoms with E-state index in [1.165, 1.54) is 6.33 Å². The second kappa shape index (κ2) is 5.61. The second-order valence-corrected chi connectivity index (χ2v) is 4.29. The molecule has 2 aromatic rings. The van der Waals surface area contributed by atoms with Crippen molar-refractivity contribution in [2.75, 3.05) is 0 Å². The maximum absolute atomic E-state index is 8.93. The Kier molecular flexibility index (Phi) is 3.91. The molecule has 2 rings (SSSR count). The van der Waals surface area contributed by atoms with Crippen molar-refractivity contribution in [2.45, 2.75) is 19.8 Å². The molecule has 0 atom stereocenters. The molecular weight excluding hydrogens is 246 g/mol. The molecule has 0 fully saturated rings. The summed E-state index contributed by atoms with van der Waals surface area (Å²) in [6.45, 7) is 2.08. The Hall–Kier alpha value is -1.92. The van der Waals surface area contributed by atoms with Crippen LogP contribution in [0, 0.1) is 11.3 Å². The zero-order chi connectivity index (χ0) is 13.0. The SMILES string of the molecule is CCCc1c(Cl)ncnc1-c1cccc(C#N)c1. The number of hydrogen-bond donors (Lipinski definition) is 0. The van der Waals surface area contributed by atoms with Crippen LogP contribution in [0.15, 0.2) is 30.6 Å². The standard InChI is InChI=1S/C14H12ClN3/c1-2-4-12-13(17-9-18-14(12)15)11-6-3-5-10(7-11)8-16/h3,5-7,9H,2,4H2,1H3. The summed E-state index contributed by atoms with van der Waals surface area (Å²) in [6.07, 6.45) is 3.25. The molecular formula is C14H12ClN3. The fraction of sp³-hybridized carbons (Fsp3) is 0.214. The zero-order valence-electron chi connectivity index (χ0n) is 10.0. The highest BCUT2D eigenvalue weighted by atomic mass is 35.5. The number of benzene rings is 1. The summed E-state index contributed by atoms with van der Waals surface area (Å²) in [7, 11) is 0. The fourth-order valence-corrected chi connectivity index (χ4v) is 2.07. The molecule has 0 unspecified atom stereocenters. The number of rotatable bonds is 3. The highest BCUT2D eigenvalue weighted by Gasteiger charge is 2.11. The Morgan fingerprint density at radius 3 is 2.89 bits per heavy atom. The van der Waals surface area contributed by atoms with Gasteiger partial charge in [-0.15, -0.1) is 0 Å². The molecule has 0 saturated carbocycles. The van der Waals surface area contributed by atoms with Gasteiger partial charge >= 0.3 is 0 Å². The van der Waals surface area contributed by atoms with E-state index >= 15 is 0 Å². The highest BCUT2D eigenvalue weighted by molar-refractivity contribution is 6.30. The molecule has 1 heterocycles. The van der Waals surface area contributed by atoms with Crippen LogP contribution in [0.4, 0.5) is 0 Å². The first-order chi connectivity index (χ1) is 8.76. The Balaban J connectivity index is 2.56. The summed E-state index contributed by atoms with van der Waals surface area (Å²) >= 11 is 6.12. The molecule has 0 aliphatic carbocycles. The third-order valence-corrected chi connectivity index (χ3v) is 2.98. The number of hydrogen-bond acceptors (Lipinski definition) is 3. The van der Waals surface area contributed by atoms with Crippen LogP contribution in [-0.4, -0.2) is 9.97 Å². The molecule has 90 valence electrons. The van der Waals surface area contributed by atoms with Gasteiger partial charge in [0.1, 0.15) is 11.5 Å². The molecule has 0 bridgehead atoms. The molecule has 1 aromatic heterocycles. The molecule has 18 heavy (non-hydrogen) atoms. The van der Waals surface area contributed by atoms with E-state index < -0.39 is 0 Å². The average Bonchev–Trinajstić information content (AvgIpc) is 2.41. The largest absolute Gasteiger partial charge is 0.236 e. The number of nitrogens with zero attached hydrogens (tertiary/aromatic N) is 3. The Labute approximate surface area is 111 Å². The van der Waals surface area contributed by atoms with Crippen molar-refractivity contribution in [2.24, 2.45) is 0 Å². The van der Waals surface area contributed by atoms with Crippen molar-refractivity contribution < 1.29 is 0 Å². The smallest absolute Gasteiger partial charge is 0.136 e. The van der Waals surface area contributed by atoms with Gasteiger partial charge in [0.25, 0.3) is 0 Å². The summed E-state index contributed by atoms with van der Waals surface area (Å²) in [5.74, 6) is 0. The molecule has 0 saturated heterocycles. The topological polar surface area (TPSA) is 49.6 Å². The minimum Gasteiger partial charge on any atom is -0.236 e. The number of aromatic nitrogens is 2. The van der Waals surface area contributed by atoms with Crippen molar-refractivity contribution in [3.63, 3.8) is 0 Å². The number of nitriles is 1. The number of halogens is 1. The molecule has 0 amide bonds. The third kappa shape index (κ3) is 2.49. The van der Waals surface area contributed by atoms with Crippen LogP contribution in [0.3, 0.4) is 0 Å². The third-order valence-electron chi connectivity index (χ3n) is 2.66. The van der Waals surface area contributed by atoms with Gasteiger partial charge in [-0.05, 0) is 18.6 Å². The average molecular weight is 258 g/mol. The first kappa shape index (κ1) is 12.5. The molecule has 1 aromatic carbocycles. The summed E-state index contributed by atoms with van der Waals surface area (Å²) < 4.78 is 0. The van der Waals surface area contributed by atoms with E-state index in [2.05, 4.69) is 23.0 Å². The van der Waals surface area contributed by atoms with Gasteiger partial charge in [-0.25, -0.2) is 9.97 Å². The van der Waals surface area contributed by atoms with Crippen molar-refractivity contribution in [1.29, 1.82) is 5.26 Å². The highest BCUT2D eigenvalue weighted by Crippen LogP contribution is 2.27. The van der Waals surface area contributed by atoms with Gasteiger partial charge in [-0.2, -0.15) is 5.26 Å². The summed E-state index contributed by atoms with van der Waals surface area (Å²) in [5.41, 5.74) is 3.28. The van der Waals surface area contributed by atoms with E-state index in [1.807, 2.05) is 18.2 Å². The van der Waals surface area contributed by atoms with E-state index in [0.717, 1.165) is 29.7 Å². The molecule has 0 N–H and O–H groups in total. The maximum atomic E-state index is 8.93. The summed E-state index contributed by atoms with van der Waals surface area (Å²) in [5, 5.41) is 9.42. The summed E-state index contributed by atoms with van der Waals surface area (Å²) in [6, 6.07) is 9.49. The fourth-order valence-electron chi connectivity index (χ4n) is 1.85. The van der Waals surface area contributed by atoms with Crippen LogP contribution < -0.4 is 0 Å². The first-order valence-corrected chi connectivity index (χ1v) is 6.14. The lowest BCUT2D eigenvalue weighted by atomic mass is 10.0. The molecule has 3 nitrogen and oxygen atoms in total. The van der Waals surface area contributed by atoms with Crippen LogP contribution in [0.1, 0.15) is 24.5 Å². The van der Waals surface area contributed by atoms with Gasteiger partial charge in [0.15, 0.2) is 0 Å². The normalized spacial score (nSPS) is 10.1. The van der Waals surface area contributed by atoms with E-state index in [0.29, 0.717) is 10.7 Å². The lowest BCUT2D eigenvalue weighted by Crippen LogP contribution is -1.97. The first-order valence-electron chi connectivity index (χ1n) is 5.76. The van der Waals surface area contributed by atoms with E-state index in [9.17, 15) is 0 Å². The second-order valence-electron chi connectivity index (χ2n) is 3.93. The van der Waals surface area contributed by atoms with Crippen LogP contribution in [-0.2, 0) is 6.42 Å². The van der Waals surface area contributed by atoms with Crippen molar-refractivity contribution in [3.8, 4) is 17.3 Å². The maximum Gasteiger partial charge on any atom is 0.136 e. The van der Waals surface area contributed by atoms with Crippen LogP contribution >= 0.6 is 11.6 Å². The lowest BCUT2D eigenvalue weighted by Gasteiger charge is -2.09. The van der Waals surface area contributed by atoms with Gasteiger partial charge < -0.3 is 0 Å². The monoisotopic (exact) mass is 257 g/mol. The molecule has 0 spiro atoms. The molecule has 4 heteroatoms. The van der Waals surface area contributed by atoms with E-state index in [4.69, 9.17) is 16.9 Å². The van der Waals surface area contributed by atoms with Crippen molar-refractivity contribution >= 4 is 11.6 Å². The van der Waals surface area contributed by atoms with Crippen LogP contribution in [0.5, 0.6) is 0 Å². The summed E-state index contributed by atoms with van der Waals surface area (Å²) in [4.78, 5) is 8.31. The van der Waals surface area contributed by atoms with Gasteiger partial charge in [-0.3, -0.25) is 0 Å². The quantitative estimate of drug-likeness (QED) is 0.789. The van der Waals surface area contributed by atoms with Gasteiger partial charge in [-0.1, -0.05) is 37.1 Å². The molecule has 0 aliphatic heterocycles. The minimum atomic E-state index is 0.490. The van der Waals surface area contributed by atoms with Gasteiger partial charge in [0.05, 0.1) is 17.3 Å². The van der Waals surface area contributed by atoms with Gasteiger partial charge in [0, 0.05) is 11.1 Å². The minimum absolute atomic E-state index is 0.490. The predicted molar refractivity (Wildman–Crippen MR) is 71.2 cm³/mol. The van der Waals surface area contributed by atoms with Crippen molar-refractivity contribution in [1.82, 2.24) is 9.97 Å². The molecule has 0 aliphatic rings.